The van der Waals surface area contributed by atoms with Crippen LogP contribution in [0, 0.1) is 0 Å². The predicted octanol–water partition coefficient (Wildman–Crippen LogP) is 1.51. The summed E-state index contributed by atoms with van der Waals surface area (Å²) < 4.78 is 27.8. The molecule has 1 unspecified atom stereocenters. The predicted molar refractivity (Wildman–Crippen MR) is 85.5 cm³/mol. The molecule has 2 N–H and O–H groups in total. The van der Waals surface area contributed by atoms with Crippen molar-refractivity contribution < 1.29 is 22.4 Å². The van der Waals surface area contributed by atoms with Gasteiger partial charge in [-0.1, -0.05) is 0 Å². The number of hydrogen-bond acceptors (Lipinski definition) is 6. The van der Waals surface area contributed by atoms with Crippen molar-refractivity contribution in [3.8, 4) is 0 Å². The second-order valence-electron chi connectivity index (χ2n) is 5.17. The van der Waals surface area contributed by atoms with Gasteiger partial charge in [0, 0.05) is 6.04 Å². The van der Waals surface area contributed by atoms with Gasteiger partial charge in [0.1, 0.15) is 0 Å². The van der Waals surface area contributed by atoms with E-state index in [1.807, 2.05) is 0 Å². The topological polar surface area (TPSA) is 105 Å². The minimum absolute atomic E-state index is 0.0216. The maximum Gasteiger partial charge on any atom is 0.291 e. The molecule has 0 aromatic carbocycles. The van der Waals surface area contributed by atoms with Crippen LogP contribution >= 0.6 is 11.3 Å². The Labute approximate surface area is 136 Å². The average molecular weight is 354 g/mol. The maximum absolute atomic E-state index is 12.1. The third kappa shape index (κ3) is 3.80. The smallest absolute Gasteiger partial charge is 0.291 e. The molecule has 3 heterocycles. The van der Waals surface area contributed by atoms with Crippen LogP contribution in [0.3, 0.4) is 0 Å². The zero-order valence-electron chi connectivity index (χ0n) is 11.9. The lowest BCUT2D eigenvalue weighted by Crippen LogP contribution is -2.35. The van der Waals surface area contributed by atoms with Gasteiger partial charge < -0.3 is 15.1 Å². The van der Waals surface area contributed by atoms with Gasteiger partial charge >= 0.3 is 0 Å². The summed E-state index contributed by atoms with van der Waals surface area (Å²) in [6, 6.07) is 6.00. The lowest BCUT2D eigenvalue weighted by atomic mass is 10.2. The van der Waals surface area contributed by atoms with Gasteiger partial charge in [0.25, 0.3) is 11.8 Å². The largest absolute Gasteiger partial charge is 0.459 e. The first-order valence-corrected chi connectivity index (χ1v) is 9.53. The lowest BCUT2D eigenvalue weighted by Gasteiger charge is -2.09. The number of anilines is 1. The first-order chi connectivity index (χ1) is 10.9. The van der Waals surface area contributed by atoms with Crippen molar-refractivity contribution in [3.05, 3.63) is 41.2 Å². The summed E-state index contributed by atoms with van der Waals surface area (Å²) in [6.45, 7) is 0. The Morgan fingerprint density at radius 3 is 2.70 bits per heavy atom. The molecule has 1 saturated heterocycles. The van der Waals surface area contributed by atoms with Crippen molar-refractivity contribution >= 4 is 38.0 Å². The summed E-state index contributed by atoms with van der Waals surface area (Å²) in [5, 5.41) is 5.85. The molecule has 9 heteroatoms. The Kier molecular flexibility index (Phi) is 4.22. The zero-order chi connectivity index (χ0) is 16.4. The van der Waals surface area contributed by atoms with E-state index >= 15 is 0 Å². The molecule has 0 saturated carbocycles. The SMILES string of the molecule is O=C(Nc1ccc(C(=O)NC2CCS(=O)(=O)C2)s1)c1ccco1. The van der Waals surface area contributed by atoms with Crippen LogP contribution in [0.15, 0.2) is 34.9 Å². The van der Waals surface area contributed by atoms with Gasteiger partial charge in [-0.15, -0.1) is 11.3 Å². The van der Waals surface area contributed by atoms with Crippen molar-refractivity contribution in [1.29, 1.82) is 0 Å². The molecule has 23 heavy (non-hydrogen) atoms. The van der Waals surface area contributed by atoms with Gasteiger partial charge in [0.05, 0.1) is 27.6 Å². The van der Waals surface area contributed by atoms with Crippen LogP contribution in [0.2, 0.25) is 0 Å². The Balaban J connectivity index is 1.60. The fourth-order valence-corrected chi connectivity index (χ4v) is 4.75. The summed E-state index contributed by atoms with van der Waals surface area (Å²) in [7, 11) is -3.04. The molecule has 0 spiro atoms. The lowest BCUT2D eigenvalue weighted by molar-refractivity contribution is 0.0944. The van der Waals surface area contributed by atoms with E-state index in [2.05, 4.69) is 10.6 Å². The van der Waals surface area contributed by atoms with Crippen LogP contribution in [0.4, 0.5) is 5.00 Å². The van der Waals surface area contributed by atoms with E-state index in [0.29, 0.717) is 16.3 Å². The number of amides is 2. The van der Waals surface area contributed by atoms with Gasteiger partial charge in [-0.3, -0.25) is 9.59 Å². The summed E-state index contributed by atoms with van der Waals surface area (Å²) in [5.41, 5.74) is 0. The van der Waals surface area contributed by atoms with Gasteiger partial charge in [-0.05, 0) is 30.7 Å². The molecule has 0 radical (unpaired) electrons. The zero-order valence-corrected chi connectivity index (χ0v) is 13.6. The molecule has 7 nitrogen and oxygen atoms in total. The van der Waals surface area contributed by atoms with Crippen molar-refractivity contribution in [2.45, 2.75) is 12.5 Å². The number of carbonyl (C=O) groups excluding carboxylic acids is 2. The summed E-state index contributed by atoms with van der Waals surface area (Å²) in [4.78, 5) is 24.4. The Morgan fingerprint density at radius 2 is 2.04 bits per heavy atom. The first kappa shape index (κ1) is 15.8. The number of nitrogens with one attached hydrogen (secondary N) is 2. The second-order valence-corrected chi connectivity index (χ2v) is 8.48. The fourth-order valence-electron chi connectivity index (χ4n) is 2.27. The first-order valence-electron chi connectivity index (χ1n) is 6.89. The molecule has 2 amide bonds. The van der Waals surface area contributed by atoms with Crippen LogP contribution in [0.5, 0.6) is 0 Å². The number of rotatable bonds is 4. The Bertz CT molecular complexity index is 823. The van der Waals surface area contributed by atoms with Gasteiger partial charge in [0.2, 0.25) is 0 Å². The van der Waals surface area contributed by atoms with Crippen molar-refractivity contribution in [1.82, 2.24) is 5.32 Å². The van der Waals surface area contributed by atoms with E-state index in [1.54, 1.807) is 18.2 Å². The Morgan fingerprint density at radius 1 is 1.22 bits per heavy atom. The van der Waals surface area contributed by atoms with E-state index < -0.39 is 15.7 Å². The van der Waals surface area contributed by atoms with E-state index in [-0.39, 0.29) is 29.2 Å². The third-order valence-corrected chi connectivity index (χ3v) is 6.15. The van der Waals surface area contributed by atoms with E-state index in [1.165, 1.54) is 12.3 Å². The summed E-state index contributed by atoms with van der Waals surface area (Å²) in [6.07, 6.45) is 1.83. The molecular formula is C14H14N2O5S2. The molecule has 2 aromatic heterocycles. The highest BCUT2D eigenvalue weighted by molar-refractivity contribution is 7.91. The van der Waals surface area contributed by atoms with Crippen molar-refractivity contribution in [2.24, 2.45) is 0 Å². The van der Waals surface area contributed by atoms with E-state index in [0.717, 1.165) is 11.3 Å². The normalized spacial score (nSPS) is 19.4. The number of furan rings is 1. The average Bonchev–Trinajstić information content (AvgIpc) is 3.19. The molecule has 1 aliphatic heterocycles. The van der Waals surface area contributed by atoms with Crippen LogP contribution in [-0.2, 0) is 9.84 Å². The maximum atomic E-state index is 12.1. The molecule has 3 rings (SSSR count). The second kappa shape index (κ2) is 6.17. The molecule has 0 aliphatic carbocycles. The summed E-state index contributed by atoms with van der Waals surface area (Å²) in [5.74, 6) is -0.471. The molecule has 122 valence electrons. The highest BCUT2D eigenvalue weighted by Crippen LogP contribution is 2.23. The Hall–Kier alpha value is -2.13. The monoisotopic (exact) mass is 354 g/mol. The number of carbonyl (C=O) groups is 2. The fraction of sp³-hybridized carbons (Fsp3) is 0.286. The highest BCUT2D eigenvalue weighted by atomic mass is 32.2. The minimum atomic E-state index is -3.04. The van der Waals surface area contributed by atoms with Gasteiger partial charge in [-0.2, -0.15) is 0 Å². The van der Waals surface area contributed by atoms with Crippen LogP contribution in [0.1, 0.15) is 26.6 Å². The molecule has 1 fully saturated rings. The molecular weight excluding hydrogens is 340 g/mol. The van der Waals surface area contributed by atoms with Gasteiger partial charge in [0.15, 0.2) is 15.6 Å². The third-order valence-electron chi connectivity index (χ3n) is 3.38. The van der Waals surface area contributed by atoms with Crippen LogP contribution in [-0.4, -0.2) is 37.8 Å². The molecule has 2 aromatic rings. The summed E-state index contributed by atoms with van der Waals surface area (Å²) >= 11 is 1.11. The van der Waals surface area contributed by atoms with E-state index in [9.17, 15) is 18.0 Å². The quantitative estimate of drug-likeness (QED) is 0.866. The molecule has 0 bridgehead atoms. The minimum Gasteiger partial charge on any atom is -0.459 e. The van der Waals surface area contributed by atoms with Crippen molar-refractivity contribution in [2.75, 3.05) is 16.8 Å². The molecule has 1 atom stereocenters. The van der Waals surface area contributed by atoms with E-state index in [4.69, 9.17) is 4.42 Å². The van der Waals surface area contributed by atoms with Crippen LogP contribution in [0.25, 0.3) is 0 Å². The van der Waals surface area contributed by atoms with Crippen LogP contribution < -0.4 is 10.6 Å². The number of hydrogen-bond donors (Lipinski definition) is 2. The number of sulfone groups is 1. The van der Waals surface area contributed by atoms with Gasteiger partial charge in [-0.25, -0.2) is 8.42 Å². The highest BCUT2D eigenvalue weighted by Gasteiger charge is 2.29. The number of thiophene rings is 1. The van der Waals surface area contributed by atoms with Crippen molar-refractivity contribution in [3.63, 3.8) is 0 Å². The standard InChI is InChI=1S/C14H14N2O5S2/c17-13(10-2-1-6-21-10)16-12-4-3-11(22-12)14(18)15-9-5-7-23(19,20)8-9/h1-4,6,9H,5,7-8H2,(H,15,18)(H,16,17). The molecule has 1 aliphatic rings.